The second-order valence-corrected chi connectivity index (χ2v) is 5.68. The summed E-state index contributed by atoms with van der Waals surface area (Å²) in [6.45, 7) is 5.37. The Hall–Kier alpha value is -1.06. The zero-order valence-electron chi connectivity index (χ0n) is 11.2. The number of nitrogens with zero attached hydrogens (tertiary/aromatic N) is 2. The van der Waals surface area contributed by atoms with Crippen LogP contribution in [-0.4, -0.2) is 48.1 Å². The highest BCUT2D eigenvalue weighted by atomic mass is 16.3. The molecule has 1 aliphatic carbocycles. The number of piperazine rings is 1. The third-order valence-corrected chi connectivity index (χ3v) is 4.28. The molecule has 1 fully saturated rings. The summed E-state index contributed by atoms with van der Waals surface area (Å²) < 4.78 is 0. The molecule has 2 aliphatic rings. The van der Waals surface area contributed by atoms with Crippen molar-refractivity contribution in [2.75, 3.05) is 33.2 Å². The molecule has 1 heterocycles. The molecule has 98 valence electrons. The molecule has 1 aliphatic heterocycles. The van der Waals surface area contributed by atoms with Crippen molar-refractivity contribution >= 4 is 0 Å². The van der Waals surface area contributed by atoms with E-state index in [1.54, 1.807) is 0 Å². The Bertz CT molecular complexity index is 436. The smallest absolute Gasteiger partial charge is 0.120 e. The van der Waals surface area contributed by atoms with E-state index in [0.717, 1.165) is 44.7 Å². The van der Waals surface area contributed by atoms with Gasteiger partial charge in [0.1, 0.15) is 5.75 Å². The van der Waals surface area contributed by atoms with Crippen molar-refractivity contribution in [2.24, 2.45) is 0 Å². The zero-order valence-corrected chi connectivity index (χ0v) is 11.2. The fraction of sp³-hybridized carbons (Fsp3) is 0.600. The van der Waals surface area contributed by atoms with Crippen molar-refractivity contribution in [3.8, 4) is 5.75 Å². The minimum atomic E-state index is 0.495. The number of likely N-dealkylation sites (N-methyl/N-ethyl adjacent to an activating group) is 1. The van der Waals surface area contributed by atoms with Crippen molar-refractivity contribution < 1.29 is 5.11 Å². The zero-order chi connectivity index (χ0) is 12.5. The van der Waals surface area contributed by atoms with Gasteiger partial charge in [-0.25, -0.2) is 0 Å². The van der Waals surface area contributed by atoms with E-state index in [0.29, 0.717) is 5.75 Å². The van der Waals surface area contributed by atoms with Crippen molar-refractivity contribution in [3.05, 3.63) is 28.8 Å². The molecule has 0 saturated carbocycles. The normalized spacial score (nSPS) is 21.2. The van der Waals surface area contributed by atoms with E-state index in [1.165, 1.54) is 24.0 Å². The molecule has 0 spiro atoms. The molecule has 3 rings (SSSR count). The average molecular weight is 246 g/mol. The van der Waals surface area contributed by atoms with Crippen LogP contribution in [0.25, 0.3) is 0 Å². The minimum Gasteiger partial charge on any atom is -0.508 e. The number of hydrogen-bond donors (Lipinski definition) is 1. The van der Waals surface area contributed by atoms with E-state index in [1.807, 2.05) is 6.07 Å². The predicted octanol–water partition coefficient (Wildman–Crippen LogP) is 1.63. The number of aryl methyl sites for hydroxylation is 2. The van der Waals surface area contributed by atoms with Gasteiger partial charge in [0.05, 0.1) is 0 Å². The lowest BCUT2D eigenvalue weighted by atomic mass is 10.0. The van der Waals surface area contributed by atoms with Crippen LogP contribution >= 0.6 is 0 Å². The summed E-state index contributed by atoms with van der Waals surface area (Å²) in [6.07, 6.45) is 3.57. The van der Waals surface area contributed by atoms with E-state index in [4.69, 9.17) is 0 Å². The fourth-order valence-corrected chi connectivity index (χ4v) is 3.04. The quantitative estimate of drug-likeness (QED) is 0.859. The molecule has 1 saturated heterocycles. The molecule has 1 aromatic rings. The summed E-state index contributed by atoms with van der Waals surface area (Å²) in [7, 11) is 2.17. The number of rotatable bonds is 2. The third-order valence-electron chi connectivity index (χ3n) is 4.28. The molecule has 0 atom stereocenters. The molecule has 18 heavy (non-hydrogen) atoms. The van der Waals surface area contributed by atoms with Gasteiger partial charge in [-0.2, -0.15) is 0 Å². The van der Waals surface area contributed by atoms with Crippen molar-refractivity contribution in [1.29, 1.82) is 0 Å². The van der Waals surface area contributed by atoms with E-state index in [-0.39, 0.29) is 0 Å². The van der Waals surface area contributed by atoms with Gasteiger partial charge in [-0.05, 0) is 43.5 Å². The van der Waals surface area contributed by atoms with Gasteiger partial charge in [-0.15, -0.1) is 0 Å². The number of benzene rings is 1. The van der Waals surface area contributed by atoms with E-state index in [2.05, 4.69) is 22.9 Å². The fourth-order valence-electron chi connectivity index (χ4n) is 3.04. The van der Waals surface area contributed by atoms with Gasteiger partial charge in [0.15, 0.2) is 0 Å². The second kappa shape index (κ2) is 4.90. The van der Waals surface area contributed by atoms with Gasteiger partial charge in [-0.3, -0.25) is 4.90 Å². The minimum absolute atomic E-state index is 0.495. The van der Waals surface area contributed by atoms with Gasteiger partial charge >= 0.3 is 0 Å². The van der Waals surface area contributed by atoms with E-state index in [9.17, 15) is 5.11 Å². The first-order chi connectivity index (χ1) is 8.72. The lowest BCUT2D eigenvalue weighted by Gasteiger charge is -2.32. The van der Waals surface area contributed by atoms with Crippen LogP contribution in [0.2, 0.25) is 0 Å². The van der Waals surface area contributed by atoms with Gasteiger partial charge in [0, 0.05) is 38.3 Å². The SMILES string of the molecule is CN1CCN(Cc2cc3c(cc2O)CCC3)CC1. The van der Waals surface area contributed by atoms with E-state index < -0.39 is 0 Å². The summed E-state index contributed by atoms with van der Waals surface area (Å²) in [4.78, 5) is 4.80. The monoisotopic (exact) mass is 246 g/mol. The number of phenols is 1. The van der Waals surface area contributed by atoms with Gasteiger partial charge < -0.3 is 10.0 Å². The van der Waals surface area contributed by atoms with Crippen LogP contribution in [-0.2, 0) is 19.4 Å². The summed E-state index contributed by atoms with van der Waals surface area (Å²) in [5.41, 5.74) is 3.92. The standard InChI is InChI=1S/C15H22N2O/c1-16-5-7-17(8-6-16)11-14-9-12-3-2-4-13(12)10-15(14)18/h9-10,18H,2-8,11H2,1H3. The maximum atomic E-state index is 10.1. The maximum absolute atomic E-state index is 10.1. The highest BCUT2D eigenvalue weighted by Crippen LogP contribution is 2.30. The molecule has 0 unspecified atom stereocenters. The van der Waals surface area contributed by atoms with Crippen LogP contribution < -0.4 is 0 Å². The highest BCUT2D eigenvalue weighted by Gasteiger charge is 2.18. The first-order valence-electron chi connectivity index (χ1n) is 6.97. The average Bonchev–Trinajstić information content (AvgIpc) is 2.79. The Morgan fingerprint density at radius 2 is 1.72 bits per heavy atom. The summed E-state index contributed by atoms with van der Waals surface area (Å²) in [5.74, 6) is 0.495. The predicted molar refractivity (Wildman–Crippen MR) is 72.9 cm³/mol. The highest BCUT2D eigenvalue weighted by molar-refractivity contribution is 5.44. The lowest BCUT2D eigenvalue weighted by molar-refractivity contribution is 0.147. The van der Waals surface area contributed by atoms with Crippen molar-refractivity contribution in [3.63, 3.8) is 0 Å². The van der Waals surface area contributed by atoms with Crippen LogP contribution in [0.1, 0.15) is 23.1 Å². The Balaban J connectivity index is 1.73. The molecule has 3 heteroatoms. The largest absolute Gasteiger partial charge is 0.508 e. The Labute approximate surface area is 109 Å². The topological polar surface area (TPSA) is 26.7 Å². The lowest BCUT2D eigenvalue weighted by Crippen LogP contribution is -2.43. The molecule has 1 aromatic carbocycles. The van der Waals surface area contributed by atoms with Crippen LogP contribution in [0, 0.1) is 0 Å². The molecule has 0 radical (unpaired) electrons. The van der Waals surface area contributed by atoms with Crippen LogP contribution in [0.5, 0.6) is 5.75 Å². The number of hydrogen-bond acceptors (Lipinski definition) is 3. The van der Waals surface area contributed by atoms with Crippen LogP contribution in [0.4, 0.5) is 0 Å². The number of fused-ring (bicyclic) bond motifs is 1. The van der Waals surface area contributed by atoms with Crippen LogP contribution in [0.15, 0.2) is 12.1 Å². The second-order valence-electron chi connectivity index (χ2n) is 5.68. The molecular formula is C15H22N2O. The molecular weight excluding hydrogens is 224 g/mol. The number of phenolic OH excluding ortho intramolecular Hbond substituents is 1. The van der Waals surface area contributed by atoms with Gasteiger partial charge in [-0.1, -0.05) is 6.07 Å². The molecule has 0 aromatic heterocycles. The summed E-state index contributed by atoms with van der Waals surface area (Å²) in [5, 5.41) is 10.1. The summed E-state index contributed by atoms with van der Waals surface area (Å²) in [6, 6.07) is 4.23. The molecule has 1 N–H and O–H groups in total. The Kier molecular flexibility index (Phi) is 3.27. The maximum Gasteiger partial charge on any atom is 0.120 e. The van der Waals surface area contributed by atoms with Gasteiger partial charge in [0.2, 0.25) is 0 Å². The molecule has 0 amide bonds. The Morgan fingerprint density at radius 1 is 1.06 bits per heavy atom. The molecule has 0 bridgehead atoms. The first kappa shape index (κ1) is 12.0. The molecule has 3 nitrogen and oxygen atoms in total. The van der Waals surface area contributed by atoms with Gasteiger partial charge in [0.25, 0.3) is 0 Å². The van der Waals surface area contributed by atoms with Crippen LogP contribution in [0.3, 0.4) is 0 Å². The van der Waals surface area contributed by atoms with Crippen molar-refractivity contribution in [2.45, 2.75) is 25.8 Å². The van der Waals surface area contributed by atoms with Crippen molar-refractivity contribution in [1.82, 2.24) is 9.80 Å². The first-order valence-corrected chi connectivity index (χ1v) is 6.97. The Morgan fingerprint density at radius 3 is 2.44 bits per heavy atom. The third kappa shape index (κ3) is 2.38. The number of aromatic hydroxyl groups is 1. The summed E-state index contributed by atoms with van der Waals surface area (Å²) >= 11 is 0. The van der Waals surface area contributed by atoms with E-state index >= 15 is 0 Å².